The minimum Gasteiger partial charge on any atom is -0.505 e. The lowest BCUT2D eigenvalue weighted by atomic mass is 10.0. The van der Waals surface area contributed by atoms with Crippen molar-refractivity contribution in [3.8, 4) is 5.75 Å². The Morgan fingerprint density at radius 2 is 1.34 bits per heavy atom. The van der Waals surface area contributed by atoms with E-state index in [1.54, 1.807) is 0 Å². The van der Waals surface area contributed by atoms with Crippen LogP contribution in [-0.4, -0.2) is 38.2 Å². The maximum Gasteiger partial charge on any atom is 0.151 e. The first-order valence-corrected chi connectivity index (χ1v) is 12.7. The normalized spacial score (nSPS) is 11.9. The first-order chi connectivity index (χ1) is 18.0. The molecule has 0 spiro atoms. The molecule has 4 aromatic rings. The van der Waals surface area contributed by atoms with Crippen molar-refractivity contribution in [3.05, 3.63) is 82.4 Å². The summed E-state index contributed by atoms with van der Waals surface area (Å²) in [7, 11) is 8.10. The third-order valence-corrected chi connectivity index (χ3v) is 6.44. The Bertz CT molecular complexity index is 1550. The molecular weight excluding hydrogens is 472 g/mol. The molecule has 0 aliphatic heterocycles. The molecule has 0 bridgehead atoms. The molecule has 4 rings (SSSR count). The monoisotopic (exact) mass is 508 g/mol. The first-order valence-electron chi connectivity index (χ1n) is 12.7. The summed E-state index contributed by atoms with van der Waals surface area (Å²) in [6.07, 6.45) is 0. The zero-order valence-corrected chi connectivity index (χ0v) is 23.5. The van der Waals surface area contributed by atoms with Crippen LogP contribution in [0.5, 0.6) is 5.75 Å². The molecule has 4 aromatic carbocycles. The molecule has 0 fully saturated rings. The van der Waals surface area contributed by atoms with Crippen LogP contribution in [0, 0.1) is 27.7 Å². The Balaban J connectivity index is 1.61. The van der Waals surface area contributed by atoms with Crippen LogP contribution in [0.3, 0.4) is 0 Å². The fraction of sp³-hybridized carbons (Fsp3) is 0.290. The minimum atomic E-state index is 0.139. The number of hydrogen-bond donors (Lipinski definition) is 1. The number of anilines is 1. The molecule has 0 aromatic heterocycles. The van der Waals surface area contributed by atoms with E-state index < -0.39 is 0 Å². The minimum absolute atomic E-state index is 0.139. The van der Waals surface area contributed by atoms with Gasteiger partial charge in [-0.1, -0.05) is 6.07 Å². The van der Waals surface area contributed by atoms with Crippen molar-refractivity contribution in [2.24, 2.45) is 20.5 Å². The Kier molecular flexibility index (Phi) is 7.88. The molecule has 7 heteroatoms. The lowest BCUT2D eigenvalue weighted by Crippen LogP contribution is -2.10. The van der Waals surface area contributed by atoms with Gasteiger partial charge in [-0.2, -0.15) is 15.3 Å². The first kappa shape index (κ1) is 26.9. The number of aryl methyl sites for hydroxylation is 4. The molecule has 0 unspecified atom stereocenters. The second-order valence-electron chi connectivity index (χ2n) is 10.4. The van der Waals surface area contributed by atoms with E-state index in [-0.39, 0.29) is 5.75 Å². The lowest BCUT2D eigenvalue weighted by Gasteiger charge is -2.14. The van der Waals surface area contributed by atoms with E-state index in [0.717, 1.165) is 62.3 Å². The number of phenolic OH excluding ortho intramolecular Hbond substituents is 1. The quantitative estimate of drug-likeness (QED) is 0.254. The molecule has 38 heavy (non-hydrogen) atoms. The van der Waals surface area contributed by atoms with Crippen molar-refractivity contribution in [1.82, 2.24) is 4.90 Å². The molecule has 0 atom stereocenters. The molecule has 0 heterocycles. The predicted octanol–water partition coefficient (Wildman–Crippen LogP) is 8.74. The van der Waals surface area contributed by atoms with Gasteiger partial charge in [-0.3, -0.25) is 0 Å². The van der Waals surface area contributed by atoms with Gasteiger partial charge in [0.05, 0.1) is 17.1 Å². The van der Waals surface area contributed by atoms with E-state index in [1.165, 1.54) is 5.56 Å². The summed E-state index contributed by atoms with van der Waals surface area (Å²) >= 11 is 0. The number of rotatable bonds is 7. The topological polar surface area (TPSA) is 76.2 Å². The van der Waals surface area contributed by atoms with E-state index in [1.807, 2.05) is 76.2 Å². The van der Waals surface area contributed by atoms with Crippen molar-refractivity contribution < 1.29 is 5.11 Å². The van der Waals surface area contributed by atoms with Crippen molar-refractivity contribution in [3.63, 3.8) is 0 Å². The molecule has 0 saturated carbocycles. The van der Waals surface area contributed by atoms with Gasteiger partial charge in [0.1, 0.15) is 5.69 Å². The van der Waals surface area contributed by atoms with Crippen LogP contribution in [-0.2, 0) is 6.54 Å². The summed E-state index contributed by atoms with van der Waals surface area (Å²) in [6.45, 7) is 8.83. The molecular formula is C31H36N6O. The largest absolute Gasteiger partial charge is 0.505 e. The number of azo groups is 2. The standard InChI is InChI=1S/C31H36N6O/c1-19-11-23(18-36(5)6)16-25(12-19)32-33-28-14-21(3)29(15-20(28)2)34-35-30-22(4)13-24-17-26(37(7)8)9-10-27(24)31(30)38/h9-17,38H,18H2,1-8H3. The Labute approximate surface area is 225 Å². The van der Waals surface area contributed by atoms with E-state index in [9.17, 15) is 5.11 Å². The zero-order valence-electron chi connectivity index (χ0n) is 23.5. The van der Waals surface area contributed by atoms with Gasteiger partial charge in [0, 0.05) is 31.7 Å². The number of nitrogens with zero attached hydrogens (tertiary/aromatic N) is 6. The second-order valence-corrected chi connectivity index (χ2v) is 10.4. The van der Waals surface area contributed by atoms with Gasteiger partial charge in [-0.15, -0.1) is 5.11 Å². The van der Waals surface area contributed by atoms with E-state index in [2.05, 4.69) is 64.6 Å². The van der Waals surface area contributed by atoms with Crippen molar-refractivity contribution in [1.29, 1.82) is 0 Å². The summed E-state index contributed by atoms with van der Waals surface area (Å²) < 4.78 is 0. The third-order valence-electron chi connectivity index (χ3n) is 6.44. The number of phenols is 1. The van der Waals surface area contributed by atoms with Gasteiger partial charge in [0.15, 0.2) is 5.75 Å². The maximum absolute atomic E-state index is 11.0. The van der Waals surface area contributed by atoms with Crippen LogP contribution in [0.1, 0.15) is 27.8 Å². The average molecular weight is 509 g/mol. The highest BCUT2D eigenvalue weighted by molar-refractivity contribution is 5.95. The molecule has 196 valence electrons. The summed E-state index contributed by atoms with van der Waals surface area (Å²) in [5, 5.41) is 30.7. The van der Waals surface area contributed by atoms with Crippen LogP contribution < -0.4 is 4.90 Å². The number of hydrogen-bond acceptors (Lipinski definition) is 7. The van der Waals surface area contributed by atoms with Gasteiger partial charge < -0.3 is 14.9 Å². The van der Waals surface area contributed by atoms with Crippen LogP contribution >= 0.6 is 0 Å². The van der Waals surface area contributed by atoms with Crippen LogP contribution in [0.2, 0.25) is 0 Å². The third kappa shape index (κ3) is 6.06. The smallest absolute Gasteiger partial charge is 0.151 e. The van der Waals surface area contributed by atoms with Gasteiger partial charge >= 0.3 is 0 Å². The second kappa shape index (κ2) is 11.1. The number of benzene rings is 4. The fourth-order valence-electron chi connectivity index (χ4n) is 4.48. The molecule has 0 aliphatic rings. The molecule has 7 nitrogen and oxygen atoms in total. The molecule has 1 N–H and O–H groups in total. The zero-order chi connectivity index (χ0) is 27.6. The molecule has 0 saturated heterocycles. The van der Waals surface area contributed by atoms with Gasteiger partial charge in [0.2, 0.25) is 0 Å². The van der Waals surface area contributed by atoms with Crippen molar-refractivity contribution >= 4 is 39.2 Å². The van der Waals surface area contributed by atoms with E-state index in [4.69, 9.17) is 0 Å². The van der Waals surface area contributed by atoms with Gasteiger partial charge in [-0.05, 0) is 124 Å². The van der Waals surface area contributed by atoms with Crippen molar-refractivity contribution in [2.45, 2.75) is 34.2 Å². The highest BCUT2D eigenvalue weighted by atomic mass is 16.3. The Morgan fingerprint density at radius 1 is 0.684 bits per heavy atom. The van der Waals surface area contributed by atoms with Crippen LogP contribution in [0.25, 0.3) is 10.8 Å². The summed E-state index contributed by atoms with van der Waals surface area (Å²) in [6, 6.07) is 18.2. The summed E-state index contributed by atoms with van der Waals surface area (Å²) in [5.74, 6) is 0.139. The van der Waals surface area contributed by atoms with Crippen LogP contribution in [0.4, 0.5) is 28.4 Å². The molecule has 0 amide bonds. The highest BCUT2D eigenvalue weighted by Gasteiger charge is 2.12. The summed E-state index contributed by atoms with van der Waals surface area (Å²) in [4.78, 5) is 4.17. The van der Waals surface area contributed by atoms with Crippen LogP contribution in [0.15, 0.2) is 75.1 Å². The van der Waals surface area contributed by atoms with E-state index in [0.29, 0.717) is 5.69 Å². The molecule has 0 radical (unpaired) electrons. The van der Waals surface area contributed by atoms with E-state index >= 15 is 0 Å². The average Bonchev–Trinajstić information content (AvgIpc) is 2.83. The predicted molar refractivity (Wildman–Crippen MR) is 158 cm³/mol. The summed E-state index contributed by atoms with van der Waals surface area (Å²) in [5.41, 5.74) is 9.01. The fourth-order valence-corrected chi connectivity index (χ4v) is 4.48. The Morgan fingerprint density at radius 3 is 1.97 bits per heavy atom. The SMILES string of the molecule is Cc1cc(CN(C)C)cc(N=Nc2cc(C)c(N=Nc3c(C)cc4cc(N(C)C)ccc4c3O)cc2C)c1. The maximum atomic E-state index is 11.0. The van der Waals surface area contributed by atoms with Gasteiger partial charge in [-0.25, -0.2) is 0 Å². The Hall–Kier alpha value is -4.10. The highest BCUT2D eigenvalue weighted by Crippen LogP contribution is 2.40. The molecule has 0 aliphatic carbocycles. The van der Waals surface area contributed by atoms with Crippen molar-refractivity contribution in [2.75, 3.05) is 33.1 Å². The van der Waals surface area contributed by atoms with Gasteiger partial charge in [0.25, 0.3) is 0 Å². The number of fused-ring (bicyclic) bond motifs is 1. The number of aromatic hydroxyl groups is 1. The lowest BCUT2D eigenvalue weighted by molar-refractivity contribution is 0.402.